The minimum atomic E-state index is 0.275. The zero-order chi connectivity index (χ0) is 17.4. The molecule has 1 atom stereocenters. The number of carbonyl (C=O) groups is 1. The van der Waals surface area contributed by atoms with Crippen molar-refractivity contribution >= 4 is 5.91 Å². The predicted octanol–water partition coefficient (Wildman–Crippen LogP) is 4.03. The summed E-state index contributed by atoms with van der Waals surface area (Å²) < 4.78 is 0. The van der Waals surface area contributed by atoms with E-state index in [0.29, 0.717) is 18.4 Å². The Hall–Kier alpha value is -2.10. The lowest BCUT2D eigenvalue weighted by Gasteiger charge is -2.36. The Morgan fingerprint density at radius 2 is 2.04 bits per heavy atom. The molecule has 1 heterocycles. The lowest BCUT2D eigenvalue weighted by Crippen LogP contribution is -2.38. The Labute approximate surface area is 149 Å². The molecule has 4 rings (SSSR count). The minimum Gasteiger partial charge on any atom is -0.333 e. The van der Waals surface area contributed by atoms with Gasteiger partial charge in [0.05, 0.1) is 11.7 Å². The Balaban J connectivity index is 1.53. The minimum absolute atomic E-state index is 0.275. The van der Waals surface area contributed by atoms with Gasteiger partial charge in [0.1, 0.15) is 0 Å². The fourth-order valence-electron chi connectivity index (χ4n) is 4.31. The van der Waals surface area contributed by atoms with Crippen LogP contribution in [0.25, 0.3) is 0 Å². The zero-order valence-corrected chi connectivity index (χ0v) is 15.2. The number of hydrogen-bond acceptors (Lipinski definition) is 2. The third-order valence-corrected chi connectivity index (χ3v) is 5.77. The Bertz CT molecular complexity index is 756. The molecule has 4 nitrogen and oxygen atoms in total. The number of hydrogen-bond donors (Lipinski definition) is 1. The molecule has 25 heavy (non-hydrogen) atoms. The first kappa shape index (κ1) is 16.4. The molecule has 1 unspecified atom stereocenters. The van der Waals surface area contributed by atoms with Crippen LogP contribution in [-0.4, -0.2) is 27.0 Å². The molecule has 0 bridgehead atoms. The fraction of sp³-hybridized carbons (Fsp3) is 0.524. The number of aryl methyl sites for hydroxylation is 3. The van der Waals surface area contributed by atoms with Crippen LogP contribution in [-0.2, 0) is 17.6 Å². The van der Waals surface area contributed by atoms with Crippen molar-refractivity contribution in [3.63, 3.8) is 0 Å². The molecule has 1 fully saturated rings. The van der Waals surface area contributed by atoms with Crippen LogP contribution in [0.5, 0.6) is 0 Å². The Morgan fingerprint density at radius 3 is 2.76 bits per heavy atom. The van der Waals surface area contributed by atoms with Crippen molar-refractivity contribution in [2.75, 3.05) is 0 Å². The number of carbonyl (C=O) groups excluding carboxylic acids is 1. The Morgan fingerprint density at radius 1 is 1.24 bits per heavy atom. The summed E-state index contributed by atoms with van der Waals surface area (Å²) in [4.78, 5) is 15.4. The number of amides is 1. The summed E-state index contributed by atoms with van der Waals surface area (Å²) in [5.41, 5.74) is 6.12. The van der Waals surface area contributed by atoms with Crippen LogP contribution in [0.2, 0.25) is 0 Å². The number of fused-ring (bicyclic) bond motifs is 1. The first-order chi connectivity index (χ1) is 12.1. The molecule has 0 radical (unpaired) electrons. The van der Waals surface area contributed by atoms with Crippen molar-refractivity contribution < 1.29 is 4.79 Å². The number of H-pyrrole nitrogens is 1. The second-order valence-electron chi connectivity index (χ2n) is 7.55. The highest BCUT2D eigenvalue weighted by Crippen LogP contribution is 2.41. The average Bonchev–Trinajstić information content (AvgIpc) is 3.40. The number of nitrogens with one attached hydrogen (secondary N) is 1. The molecular formula is C21H27N3O. The van der Waals surface area contributed by atoms with E-state index in [4.69, 9.17) is 0 Å². The molecule has 2 aliphatic carbocycles. The molecule has 2 aliphatic rings. The van der Waals surface area contributed by atoms with E-state index < -0.39 is 0 Å². The highest BCUT2D eigenvalue weighted by Gasteiger charge is 2.39. The van der Waals surface area contributed by atoms with Gasteiger partial charge in [-0.1, -0.05) is 24.3 Å². The molecular weight excluding hydrogens is 310 g/mol. The fourth-order valence-corrected chi connectivity index (χ4v) is 4.31. The van der Waals surface area contributed by atoms with Crippen molar-refractivity contribution in [2.45, 2.75) is 70.9 Å². The van der Waals surface area contributed by atoms with Gasteiger partial charge in [0.25, 0.3) is 0 Å². The number of rotatable bonds is 5. The van der Waals surface area contributed by atoms with Gasteiger partial charge in [-0.15, -0.1) is 0 Å². The summed E-state index contributed by atoms with van der Waals surface area (Å²) in [7, 11) is 0. The maximum Gasteiger partial charge on any atom is 0.223 e. The third kappa shape index (κ3) is 3.22. The van der Waals surface area contributed by atoms with Gasteiger partial charge in [0.2, 0.25) is 5.91 Å². The maximum atomic E-state index is 13.1. The summed E-state index contributed by atoms with van der Waals surface area (Å²) in [6.07, 6.45) is 7.11. The number of benzene rings is 1. The van der Waals surface area contributed by atoms with Crippen molar-refractivity contribution in [2.24, 2.45) is 0 Å². The van der Waals surface area contributed by atoms with Gasteiger partial charge in [-0.25, -0.2) is 0 Å². The van der Waals surface area contributed by atoms with E-state index in [2.05, 4.69) is 39.4 Å². The molecule has 4 heteroatoms. The van der Waals surface area contributed by atoms with Crippen LogP contribution in [0, 0.1) is 13.8 Å². The second-order valence-corrected chi connectivity index (χ2v) is 7.55. The number of aromatic amines is 1. The van der Waals surface area contributed by atoms with Crippen LogP contribution in [0.15, 0.2) is 24.3 Å². The van der Waals surface area contributed by atoms with Crippen LogP contribution in [0.4, 0.5) is 0 Å². The van der Waals surface area contributed by atoms with E-state index in [9.17, 15) is 4.79 Å². The van der Waals surface area contributed by atoms with Crippen LogP contribution < -0.4 is 0 Å². The molecule has 0 spiro atoms. The molecule has 1 aromatic heterocycles. The van der Waals surface area contributed by atoms with E-state index >= 15 is 0 Å². The van der Waals surface area contributed by atoms with E-state index in [1.165, 1.54) is 23.1 Å². The lowest BCUT2D eigenvalue weighted by atomic mass is 9.86. The standard InChI is InChI=1S/C21H27N3O/c1-14-18(15(2)23-22-14)12-13-21(25)24(17-10-11-17)20-9-5-7-16-6-3-4-8-19(16)20/h3-4,6,8,17,20H,5,7,9-13H2,1-2H3,(H,22,23). The normalized spacial score (nSPS) is 19.5. The quantitative estimate of drug-likeness (QED) is 0.895. The lowest BCUT2D eigenvalue weighted by molar-refractivity contribution is -0.134. The van der Waals surface area contributed by atoms with Crippen molar-refractivity contribution in [1.82, 2.24) is 15.1 Å². The SMILES string of the molecule is Cc1n[nH]c(C)c1CCC(=O)N(C1CC1)C1CCCc2ccccc21. The predicted molar refractivity (Wildman–Crippen MR) is 98.4 cm³/mol. The summed E-state index contributed by atoms with van der Waals surface area (Å²) >= 11 is 0. The number of aromatic nitrogens is 2. The molecule has 132 valence electrons. The topological polar surface area (TPSA) is 49.0 Å². The first-order valence-electron chi connectivity index (χ1n) is 9.54. The molecule has 1 N–H and O–H groups in total. The zero-order valence-electron chi connectivity index (χ0n) is 15.2. The van der Waals surface area contributed by atoms with Crippen LogP contribution >= 0.6 is 0 Å². The van der Waals surface area contributed by atoms with E-state index in [1.54, 1.807) is 0 Å². The highest BCUT2D eigenvalue weighted by atomic mass is 16.2. The van der Waals surface area contributed by atoms with E-state index in [-0.39, 0.29) is 6.04 Å². The van der Waals surface area contributed by atoms with Crippen LogP contribution in [0.1, 0.15) is 66.2 Å². The molecule has 0 saturated heterocycles. The van der Waals surface area contributed by atoms with Gasteiger partial charge in [0, 0.05) is 18.2 Å². The van der Waals surface area contributed by atoms with Crippen molar-refractivity contribution in [3.05, 3.63) is 52.3 Å². The Kier molecular flexibility index (Phi) is 4.36. The molecule has 1 saturated carbocycles. The van der Waals surface area contributed by atoms with Crippen molar-refractivity contribution in [3.8, 4) is 0 Å². The average molecular weight is 337 g/mol. The summed E-state index contributed by atoms with van der Waals surface area (Å²) in [5.74, 6) is 0.309. The van der Waals surface area contributed by atoms with E-state index in [1.807, 2.05) is 13.8 Å². The van der Waals surface area contributed by atoms with Gasteiger partial charge in [0.15, 0.2) is 0 Å². The summed E-state index contributed by atoms with van der Waals surface area (Å²) in [6.45, 7) is 4.05. The highest BCUT2D eigenvalue weighted by molar-refractivity contribution is 5.78. The largest absolute Gasteiger partial charge is 0.333 e. The number of nitrogens with zero attached hydrogens (tertiary/aromatic N) is 2. The van der Waals surface area contributed by atoms with Gasteiger partial charge in [-0.3, -0.25) is 9.89 Å². The smallest absolute Gasteiger partial charge is 0.223 e. The molecule has 2 aromatic rings. The van der Waals surface area contributed by atoms with Crippen molar-refractivity contribution in [1.29, 1.82) is 0 Å². The first-order valence-corrected chi connectivity index (χ1v) is 9.54. The van der Waals surface area contributed by atoms with Gasteiger partial charge in [-0.2, -0.15) is 5.10 Å². The van der Waals surface area contributed by atoms with Gasteiger partial charge < -0.3 is 4.90 Å². The molecule has 1 amide bonds. The maximum absolute atomic E-state index is 13.1. The monoisotopic (exact) mass is 337 g/mol. The van der Waals surface area contributed by atoms with E-state index in [0.717, 1.165) is 43.5 Å². The molecule has 1 aromatic carbocycles. The third-order valence-electron chi connectivity index (χ3n) is 5.77. The summed E-state index contributed by atoms with van der Waals surface area (Å²) in [6, 6.07) is 9.42. The van der Waals surface area contributed by atoms with Gasteiger partial charge in [-0.05, 0) is 69.1 Å². The molecule has 0 aliphatic heterocycles. The van der Waals surface area contributed by atoms with Gasteiger partial charge >= 0.3 is 0 Å². The summed E-state index contributed by atoms with van der Waals surface area (Å²) in [5, 5.41) is 7.28. The second kappa shape index (κ2) is 6.66. The van der Waals surface area contributed by atoms with Crippen LogP contribution in [0.3, 0.4) is 0 Å².